The van der Waals surface area contributed by atoms with Gasteiger partial charge in [-0.15, -0.1) is 0 Å². The molecule has 1 saturated carbocycles. The number of rotatable bonds is 4. The largest absolute Gasteiger partial charge is 0.469 e. The molecular formula is C12H22N2O5S. The van der Waals surface area contributed by atoms with E-state index in [4.69, 9.17) is 9.47 Å². The van der Waals surface area contributed by atoms with Crippen LogP contribution in [0.3, 0.4) is 0 Å². The maximum atomic E-state index is 12.2. The Balaban J connectivity index is 1.84. The predicted octanol–water partition coefficient (Wildman–Crippen LogP) is -0.115. The molecule has 2 fully saturated rings. The molecular weight excluding hydrogens is 284 g/mol. The van der Waals surface area contributed by atoms with Gasteiger partial charge in [0.1, 0.15) is 0 Å². The number of hydrogen-bond donors (Lipinski definition) is 1. The molecule has 2 aliphatic rings. The maximum Gasteiger partial charge on any atom is 0.308 e. The number of hydrogen-bond acceptors (Lipinski definition) is 5. The summed E-state index contributed by atoms with van der Waals surface area (Å²) in [7, 11) is -2.05. The number of nitrogens with zero attached hydrogens (tertiary/aromatic N) is 1. The second-order valence-electron chi connectivity index (χ2n) is 5.21. The van der Waals surface area contributed by atoms with Crippen LogP contribution in [0, 0.1) is 5.92 Å². The molecule has 2 rings (SSSR count). The number of carbonyl (C=O) groups excluding carboxylic acids is 1. The molecule has 7 nitrogen and oxygen atoms in total. The lowest BCUT2D eigenvalue weighted by molar-refractivity contribution is -0.146. The molecule has 0 radical (unpaired) electrons. The zero-order valence-electron chi connectivity index (χ0n) is 11.7. The van der Waals surface area contributed by atoms with E-state index in [2.05, 4.69) is 4.72 Å². The van der Waals surface area contributed by atoms with Gasteiger partial charge < -0.3 is 9.47 Å². The van der Waals surface area contributed by atoms with Gasteiger partial charge in [0.2, 0.25) is 0 Å². The Bertz CT molecular complexity index is 425. The molecule has 116 valence electrons. The van der Waals surface area contributed by atoms with Crippen LogP contribution in [0.25, 0.3) is 0 Å². The SMILES string of the molecule is COC(=O)C1CCC(NS(=O)(=O)N2CCOCC2)CC1. The quantitative estimate of drug-likeness (QED) is 0.732. The first-order chi connectivity index (χ1) is 9.53. The van der Waals surface area contributed by atoms with Gasteiger partial charge in [-0.05, 0) is 25.7 Å². The van der Waals surface area contributed by atoms with Crippen molar-refractivity contribution in [3.8, 4) is 0 Å². The highest BCUT2D eigenvalue weighted by atomic mass is 32.2. The van der Waals surface area contributed by atoms with Gasteiger partial charge in [-0.25, -0.2) is 0 Å². The van der Waals surface area contributed by atoms with E-state index >= 15 is 0 Å². The van der Waals surface area contributed by atoms with Crippen molar-refractivity contribution in [3.05, 3.63) is 0 Å². The molecule has 1 N–H and O–H groups in total. The molecule has 1 aliphatic heterocycles. The minimum atomic E-state index is -3.44. The van der Waals surface area contributed by atoms with Gasteiger partial charge in [0.25, 0.3) is 10.2 Å². The molecule has 1 heterocycles. The van der Waals surface area contributed by atoms with Crippen LogP contribution < -0.4 is 4.72 Å². The summed E-state index contributed by atoms with van der Waals surface area (Å²) in [5.74, 6) is -0.288. The summed E-state index contributed by atoms with van der Waals surface area (Å²) < 4.78 is 38.4. The summed E-state index contributed by atoms with van der Waals surface area (Å²) in [5.41, 5.74) is 0. The summed E-state index contributed by atoms with van der Waals surface area (Å²) in [5, 5.41) is 0. The number of methoxy groups -OCH3 is 1. The first-order valence-electron chi connectivity index (χ1n) is 6.96. The van der Waals surface area contributed by atoms with Crippen LogP contribution in [-0.2, 0) is 24.5 Å². The first-order valence-corrected chi connectivity index (χ1v) is 8.40. The third-order valence-corrected chi connectivity index (χ3v) is 5.56. The van der Waals surface area contributed by atoms with E-state index in [0.29, 0.717) is 52.0 Å². The minimum Gasteiger partial charge on any atom is -0.469 e. The van der Waals surface area contributed by atoms with Gasteiger partial charge in [0, 0.05) is 19.1 Å². The summed E-state index contributed by atoms with van der Waals surface area (Å²) >= 11 is 0. The van der Waals surface area contributed by atoms with E-state index in [1.807, 2.05) is 0 Å². The average Bonchev–Trinajstić information content (AvgIpc) is 2.48. The van der Waals surface area contributed by atoms with E-state index in [9.17, 15) is 13.2 Å². The molecule has 8 heteroatoms. The van der Waals surface area contributed by atoms with Crippen LogP contribution in [0.4, 0.5) is 0 Å². The third kappa shape index (κ3) is 3.91. The van der Waals surface area contributed by atoms with Crippen LogP contribution >= 0.6 is 0 Å². The standard InChI is InChI=1S/C12H22N2O5S/c1-18-12(15)10-2-4-11(5-3-10)13-20(16,17)14-6-8-19-9-7-14/h10-11,13H,2-9H2,1H3. The lowest BCUT2D eigenvalue weighted by Crippen LogP contribution is -2.50. The molecule has 0 bridgehead atoms. The van der Waals surface area contributed by atoms with Crippen molar-refractivity contribution in [3.63, 3.8) is 0 Å². The van der Waals surface area contributed by atoms with E-state index < -0.39 is 10.2 Å². The average molecular weight is 306 g/mol. The third-order valence-electron chi connectivity index (χ3n) is 3.89. The summed E-state index contributed by atoms with van der Waals surface area (Å²) in [6.45, 7) is 1.67. The molecule has 1 aliphatic carbocycles. The molecule has 0 unspecified atom stereocenters. The molecule has 0 spiro atoms. The van der Waals surface area contributed by atoms with Gasteiger partial charge in [-0.2, -0.15) is 17.4 Å². The molecule has 0 aromatic rings. The van der Waals surface area contributed by atoms with Crippen LogP contribution in [0.15, 0.2) is 0 Å². The zero-order valence-corrected chi connectivity index (χ0v) is 12.5. The van der Waals surface area contributed by atoms with Gasteiger partial charge in [0.15, 0.2) is 0 Å². The highest BCUT2D eigenvalue weighted by molar-refractivity contribution is 7.87. The van der Waals surface area contributed by atoms with E-state index in [1.54, 1.807) is 0 Å². The Morgan fingerprint density at radius 1 is 1.20 bits per heavy atom. The van der Waals surface area contributed by atoms with Crippen LogP contribution in [-0.4, -0.2) is 58.1 Å². The number of morpholine rings is 1. The highest BCUT2D eigenvalue weighted by Gasteiger charge is 2.31. The Morgan fingerprint density at radius 2 is 1.80 bits per heavy atom. The molecule has 1 saturated heterocycles. The summed E-state index contributed by atoms with van der Waals surface area (Å²) in [6.07, 6.45) is 2.68. The Morgan fingerprint density at radius 3 is 2.35 bits per heavy atom. The minimum absolute atomic E-state index is 0.0934. The fourth-order valence-electron chi connectivity index (χ4n) is 2.69. The maximum absolute atomic E-state index is 12.2. The fraction of sp³-hybridized carbons (Fsp3) is 0.917. The second kappa shape index (κ2) is 6.84. The fourth-order valence-corrected chi connectivity index (χ4v) is 4.12. The summed E-state index contributed by atoms with van der Waals surface area (Å²) in [6, 6.07) is -0.0937. The van der Waals surface area contributed by atoms with Crippen LogP contribution in [0.5, 0.6) is 0 Å². The second-order valence-corrected chi connectivity index (χ2v) is 6.91. The highest BCUT2D eigenvalue weighted by Crippen LogP contribution is 2.25. The number of nitrogens with one attached hydrogen (secondary N) is 1. The van der Waals surface area contributed by atoms with Crippen molar-refractivity contribution in [1.82, 2.24) is 9.03 Å². The van der Waals surface area contributed by atoms with Gasteiger partial charge in [-0.1, -0.05) is 0 Å². The van der Waals surface area contributed by atoms with Gasteiger partial charge in [-0.3, -0.25) is 4.79 Å². The van der Waals surface area contributed by atoms with Crippen molar-refractivity contribution in [2.24, 2.45) is 5.92 Å². The normalized spacial score (nSPS) is 29.1. The topological polar surface area (TPSA) is 84.9 Å². The lowest BCUT2D eigenvalue weighted by Gasteiger charge is -2.31. The Kier molecular flexibility index (Phi) is 5.36. The van der Waals surface area contributed by atoms with Crippen LogP contribution in [0.1, 0.15) is 25.7 Å². The number of esters is 1. The van der Waals surface area contributed by atoms with Crippen LogP contribution in [0.2, 0.25) is 0 Å². The van der Waals surface area contributed by atoms with E-state index in [1.165, 1.54) is 11.4 Å². The molecule has 0 aromatic heterocycles. The Labute approximate surface area is 119 Å². The van der Waals surface area contributed by atoms with Gasteiger partial charge in [0.05, 0.1) is 26.2 Å². The monoisotopic (exact) mass is 306 g/mol. The number of carbonyl (C=O) groups is 1. The van der Waals surface area contributed by atoms with Crippen molar-refractivity contribution >= 4 is 16.2 Å². The molecule has 0 atom stereocenters. The smallest absolute Gasteiger partial charge is 0.308 e. The molecule has 0 aromatic carbocycles. The number of ether oxygens (including phenoxy) is 2. The van der Waals surface area contributed by atoms with Crippen molar-refractivity contribution in [2.45, 2.75) is 31.7 Å². The van der Waals surface area contributed by atoms with Crippen molar-refractivity contribution in [1.29, 1.82) is 0 Å². The van der Waals surface area contributed by atoms with Gasteiger partial charge >= 0.3 is 5.97 Å². The summed E-state index contributed by atoms with van der Waals surface area (Å²) in [4.78, 5) is 11.4. The van der Waals surface area contributed by atoms with Crippen molar-refractivity contribution < 1.29 is 22.7 Å². The zero-order chi connectivity index (χ0) is 14.6. The van der Waals surface area contributed by atoms with E-state index in [-0.39, 0.29) is 17.9 Å². The van der Waals surface area contributed by atoms with Crippen molar-refractivity contribution in [2.75, 3.05) is 33.4 Å². The lowest BCUT2D eigenvalue weighted by atomic mass is 9.86. The predicted molar refractivity (Wildman–Crippen MR) is 72.2 cm³/mol. The van der Waals surface area contributed by atoms with E-state index in [0.717, 1.165) is 0 Å². The molecule has 20 heavy (non-hydrogen) atoms. The molecule has 0 amide bonds. The Hall–Kier alpha value is -0.700. The first kappa shape index (κ1) is 15.7.